The molecule has 0 atom stereocenters. The van der Waals surface area contributed by atoms with E-state index in [1.165, 1.54) is 12.1 Å². The van der Waals surface area contributed by atoms with E-state index in [0.29, 0.717) is 38.7 Å². The number of rotatable bonds is 6. The minimum atomic E-state index is -0.546. The summed E-state index contributed by atoms with van der Waals surface area (Å²) in [5.41, 5.74) is 1.96. The van der Waals surface area contributed by atoms with Gasteiger partial charge in [0.1, 0.15) is 24.0 Å². The van der Waals surface area contributed by atoms with Crippen molar-refractivity contribution in [2.45, 2.75) is 6.61 Å². The Labute approximate surface area is 189 Å². The van der Waals surface area contributed by atoms with Crippen LogP contribution in [0.4, 0.5) is 5.69 Å². The molecule has 4 nitrogen and oxygen atoms in total. The van der Waals surface area contributed by atoms with E-state index in [1.807, 2.05) is 24.3 Å². The highest BCUT2D eigenvalue weighted by molar-refractivity contribution is 6.42. The number of ether oxygens (including phenoxy) is 1. The molecule has 0 unspecified atom stereocenters. The van der Waals surface area contributed by atoms with E-state index in [9.17, 15) is 10.1 Å². The summed E-state index contributed by atoms with van der Waals surface area (Å²) in [6, 6.07) is 21.1. The van der Waals surface area contributed by atoms with Crippen LogP contribution in [-0.4, -0.2) is 5.91 Å². The fraction of sp³-hybridized carbons (Fsp3) is 0.0435. The molecule has 0 radical (unpaired) electrons. The fourth-order valence-electron chi connectivity index (χ4n) is 2.52. The molecule has 1 amide bonds. The Morgan fingerprint density at radius 3 is 2.37 bits per heavy atom. The Hall–Kier alpha value is -2.97. The number of hydrogen-bond acceptors (Lipinski definition) is 3. The lowest BCUT2D eigenvalue weighted by Gasteiger charge is -2.08. The first-order valence-corrected chi connectivity index (χ1v) is 9.94. The Balaban J connectivity index is 1.66. The highest BCUT2D eigenvalue weighted by Crippen LogP contribution is 2.25. The van der Waals surface area contributed by atoms with E-state index in [-0.39, 0.29) is 5.57 Å². The van der Waals surface area contributed by atoms with Crippen LogP contribution >= 0.6 is 34.8 Å². The number of amides is 1. The maximum atomic E-state index is 12.4. The van der Waals surface area contributed by atoms with Gasteiger partial charge in [-0.25, -0.2) is 0 Å². The third kappa shape index (κ3) is 5.77. The van der Waals surface area contributed by atoms with Gasteiger partial charge in [-0.15, -0.1) is 0 Å². The molecule has 0 aliphatic rings. The van der Waals surface area contributed by atoms with Crippen molar-refractivity contribution < 1.29 is 9.53 Å². The number of nitrogens with zero attached hydrogens (tertiary/aromatic N) is 1. The second kappa shape index (κ2) is 10.2. The van der Waals surface area contributed by atoms with E-state index < -0.39 is 5.91 Å². The molecule has 1 N–H and O–H groups in total. The summed E-state index contributed by atoms with van der Waals surface area (Å²) in [5.74, 6) is 0.0979. The van der Waals surface area contributed by atoms with Crippen LogP contribution in [0.25, 0.3) is 6.08 Å². The van der Waals surface area contributed by atoms with Crippen LogP contribution in [0.3, 0.4) is 0 Å². The van der Waals surface area contributed by atoms with Crippen molar-refractivity contribution in [2.75, 3.05) is 5.32 Å². The zero-order valence-corrected chi connectivity index (χ0v) is 17.8. The Kier molecular flexibility index (Phi) is 7.37. The smallest absolute Gasteiger partial charge is 0.266 e. The molecule has 0 aromatic heterocycles. The Morgan fingerprint density at radius 1 is 0.967 bits per heavy atom. The average Bonchev–Trinajstić information content (AvgIpc) is 2.75. The lowest BCUT2D eigenvalue weighted by Crippen LogP contribution is -2.13. The van der Waals surface area contributed by atoms with Gasteiger partial charge in [0, 0.05) is 16.3 Å². The molecule has 0 aliphatic carbocycles. The van der Waals surface area contributed by atoms with Gasteiger partial charge in [0.25, 0.3) is 5.91 Å². The van der Waals surface area contributed by atoms with Crippen LogP contribution in [0.1, 0.15) is 11.1 Å². The van der Waals surface area contributed by atoms with Gasteiger partial charge in [0.15, 0.2) is 0 Å². The number of anilines is 1. The zero-order chi connectivity index (χ0) is 21.5. The number of nitrogens with one attached hydrogen (secondary N) is 1. The van der Waals surface area contributed by atoms with E-state index in [0.717, 1.165) is 5.56 Å². The van der Waals surface area contributed by atoms with Crippen LogP contribution in [0.5, 0.6) is 5.75 Å². The van der Waals surface area contributed by atoms with E-state index in [2.05, 4.69) is 5.32 Å². The predicted octanol–water partition coefficient (Wildman–Crippen LogP) is 6.77. The van der Waals surface area contributed by atoms with Gasteiger partial charge >= 0.3 is 0 Å². The lowest BCUT2D eigenvalue weighted by molar-refractivity contribution is -0.112. The van der Waals surface area contributed by atoms with Gasteiger partial charge in [0.05, 0.1) is 10.0 Å². The molecule has 0 bridgehead atoms. The van der Waals surface area contributed by atoms with Crippen molar-refractivity contribution in [2.24, 2.45) is 0 Å². The molecule has 30 heavy (non-hydrogen) atoms. The first-order valence-electron chi connectivity index (χ1n) is 8.81. The standard InChI is InChI=1S/C23H15Cl3N2O2/c24-20-4-2-1-3-16(20)14-30-19-8-5-15(6-9-19)11-17(13-27)23(29)28-18-7-10-21(25)22(26)12-18/h1-12H,14H2,(H,28,29)/b17-11+. The van der Waals surface area contributed by atoms with Crippen LogP contribution in [0, 0.1) is 11.3 Å². The molecule has 0 saturated carbocycles. The normalized spacial score (nSPS) is 10.9. The first kappa shape index (κ1) is 21.7. The molecule has 0 spiro atoms. The summed E-state index contributed by atoms with van der Waals surface area (Å²) in [6.07, 6.45) is 1.49. The van der Waals surface area contributed by atoms with Crippen LogP contribution in [-0.2, 0) is 11.4 Å². The monoisotopic (exact) mass is 456 g/mol. The Morgan fingerprint density at radius 2 is 1.70 bits per heavy atom. The summed E-state index contributed by atoms with van der Waals surface area (Å²) >= 11 is 17.9. The van der Waals surface area contributed by atoms with Crippen LogP contribution < -0.4 is 10.1 Å². The summed E-state index contributed by atoms with van der Waals surface area (Å²) < 4.78 is 5.73. The predicted molar refractivity (Wildman–Crippen MR) is 121 cm³/mol. The molecule has 0 saturated heterocycles. The number of hydrogen-bond donors (Lipinski definition) is 1. The zero-order valence-electron chi connectivity index (χ0n) is 15.5. The van der Waals surface area contributed by atoms with Gasteiger partial charge in [-0.1, -0.05) is 65.1 Å². The van der Waals surface area contributed by atoms with Crippen molar-refractivity contribution >= 4 is 52.5 Å². The van der Waals surface area contributed by atoms with Crippen molar-refractivity contribution in [1.29, 1.82) is 5.26 Å². The quantitative estimate of drug-likeness (QED) is 0.328. The van der Waals surface area contributed by atoms with E-state index >= 15 is 0 Å². The maximum absolute atomic E-state index is 12.4. The van der Waals surface area contributed by atoms with Gasteiger partial charge in [-0.3, -0.25) is 4.79 Å². The van der Waals surface area contributed by atoms with Gasteiger partial charge in [-0.2, -0.15) is 5.26 Å². The van der Waals surface area contributed by atoms with Gasteiger partial charge in [-0.05, 0) is 48.0 Å². The first-order chi connectivity index (χ1) is 14.5. The maximum Gasteiger partial charge on any atom is 0.266 e. The number of halogens is 3. The summed E-state index contributed by atoms with van der Waals surface area (Å²) in [4.78, 5) is 12.4. The summed E-state index contributed by atoms with van der Waals surface area (Å²) in [6.45, 7) is 0.338. The van der Waals surface area contributed by atoms with Crippen LogP contribution in [0.2, 0.25) is 15.1 Å². The van der Waals surface area contributed by atoms with Crippen molar-refractivity contribution in [3.8, 4) is 11.8 Å². The highest BCUT2D eigenvalue weighted by atomic mass is 35.5. The highest BCUT2D eigenvalue weighted by Gasteiger charge is 2.11. The molecular weight excluding hydrogens is 443 g/mol. The molecule has 3 aromatic carbocycles. The largest absolute Gasteiger partial charge is 0.489 e. The molecule has 0 fully saturated rings. The summed E-state index contributed by atoms with van der Waals surface area (Å²) in [5, 5.41) is 13.3. The molecule has 0 heterocycles. The molecule has 3 aromatic rings. The molecule has 3 rings (SSSR count). The Bertz CT molecular complexity index is 1140. The van der Waals surface area contributed by atoms with Crippen molar-refractivity contribution in [1.82, 2.24) is 0 Å². The minimum Gasteiger partial charge on any atom is -0.489 e. The number of carbonyl (C=O) groups excluding carboxylic acids is 1. The van der Waals surface area contributed by atoms with Gasteiger partial charge in [0.2, 0.25) is 0 Å². The van der Waals surface area contributed by atoms with E-state index in [1.54, 1.807) is 42.5 Å². The molecule has 0 aliphatic heterocycles. The molecular formula is C23H15Cl3N2O2. The van der Waals surface area contributed by atoms with E-state index in [4.69, 9.17) is 39.5 Å². The van der Waals surface area contributed by atoms with Crippen molar-refractivity contribution in [3.05, 3.63) is 98.5 Å². The van der Waals surface area contributed by atoms with Crippen LogP contribution in [0.15, 0.2) is 72.3 Å². The molecule has 150 valence electrons. The number of benzene rings is 3. The molecule has 7 heteroatoms. The fourth-order valence-corrected chi connectivity index (χ4v) is 3.01. The second-order valence-corrected chi connectivity index (χ2v) is 7.42. The third-order valence-corrected chi connectivity index (χ3v) is 5.19. The second-order valence-electron chi connectivity index (χ2n) is 6.20. The lowest BCUT2D eigenvalue weighted by atomic mass is 10.1. The third-order valence-electron chi connectivity index (χ3n) is 4.09. The number of nitriles is 1. The minimum absolute atomic E-state index is 0.0502. The average molecular weight is 458 g/mol. The summed E-state index contributed by atoms with van der Waals surface area (Å²) in [7, 11) is 0. The SMILES string of the molecule is N#C/C(=C\c1ccc(OCc2ccccc2Cl)cc1)C(=O)Nc1ccc(Cl)c(Cl)c1. The number of carbonyl (C=O) groups is 1. The topological polar surface area (TPSA) is 62.1 Å². The van der Waals surface area contributed by atoms with Crippen molar-refractivity contribution in [3.63, 3.8) is 0 Å². The van der Waals surface area contributed by atoms with Gasteiger partial charge < -0.3 is 10.1 Å².